The first kappa shape index (κ1) is 12.8. The number of benzene rings is 2. The number of pyridine rings is 1. The lowest BCUT2D eigenvalue weighted by atomic mass is 9.98. The Morgan fingerprint density at radius 3 is 2.75 bits per heavy atom. The van der Waals surface area contributed by atoms with Crippen LogP contribution in [-0.2, 0) is 0 Å². The lowest BCUT2D eigenvalue weighted by molar-refractivity contribution is 0.103. The highest BCUT2D eigenvalue weighted by atomic mass is 35.5. The van der Waals surface area contributed by atoms with E-state index in [1.807, 2.05) is 12.1 Å². The Morgan fingerprint density at radius 2 is 1.95 bits per heavy atom. The zero-order chi connectivity index (χ0) is 14.1. The number of carbonyl (C=O) groups excluding carboxylic acids is 1. The van der Waals surface area contributed by atoms with Crippen molar-refractivity contribution in [2.24, 2.45) is 0 Å². The third-order valence-electron chi connectivity index (χ3n) is 3.10. The molecule has 1 aromatic heterocycles. The number of hydrogen-bond donors (Lipinski definition) is 0. The van der Waals surface area contributed by atoms with E-state index >= 15 is 0 Å². The maximum Gasteiger partial charge on any atom is 0.196 e. The van der Waals surface area contributed by atoms with Gasteiger partial charge < -0.3 is 0 Å². The van der Waals surface area contributed by atoms with Crippen molar-refractivity contribution in [3.05, 3.63) is 76.8 Å². The van der Waals surface area contributed by atoms with Gasteiger partial charge in [0.05, 0.1) is 5.56 Å². The second kappa shape index (κ2) is 5.02. The molecule has 0 spiro atoms. The molecular weight excluding hydrogens is 277 g/mol. The van der Waals surface area contributed by atoms with E-state index in [0.717, 1.165) is 11.5 Å². The van der Waals surface area contributed by atoms with Gasteiger partial charge in [-0.15, -0.1) is 0 Å². The summed E-state index contributed by atoms with van der Waals surface area (Å²) in [6, 6.07) is 11.2. The van der Waals surface area contributed by atoms with Gasteiger partial charge >= 0.3 is 0 Å². The zero-order valence-corrected chi connectivity index (χ0v) is 11.1. The Kier molecular flexibility index (Phi) is 3.20. The van der Waals surface area contributed by atoms with Crippen LogP contribution in [0.5, 0.6) is 0 Å². The molecule has 0 atom stereocenters. The third-order valence-corrected chi connectivity index (χ3v) is 3.34. The fraction of sp³-hybridized carbons (Fsp3) is 0. The van der Waals surface area contributed by atoms with Gasteiger partial charge in [0.2, 0.25) is 0 Å². The highest BCUT2D eigenvalue weighted by Crippen LogP contribution is 2.23. The number of ketones is 1. The highest BCUT2D eigenvalue weighted by Gasteiger charge is 2.16. The molecule has 0 aliphatic rings. The number of aromatic nitrogens is 1. The fourth-order valence-electron chi connectivity index (χ4n) is 2.13. The van der Waals surface area contributed by atoms with Gasteiger partial charge in [0.25, 0.3) is 0 Å². The SMILES string of the molecule is O=C(c1ccc(Cl)cc1F)c1cccc2ccncc12. The summed E-state index contributed by atoms with van der Waals surface area (Å²) >= 11 is 5.70. The summed E-state index contributed by atoms with van der Waals surface area (Å²) in [5.41, 5.74) is 0.433. The third kappa shape index (κ3) is 2.17. The molecule has 3 rings (SSSR count). The van der Waals surface area contributed by atoms with Gasteiger partial charge in [0, 0.05) is 28.4 Å². The highest BCUT2D eigenvalue weighted by molar-refractivity contribution is 6.30. The summed E-state index contributed by atoms with van der Waals surface area (Å²) in [6.07, 6.45) is 3.26. The first-order valence-electron chi connectivity index (χ1n) is 5.99. The monoisotopic (exact) mass is 285 g/mol. The molecule has 2 nitrogen and oxygen atoms in total. The fourth-order valence-corrected chi connectivity index (χ4v) is 2.29. The maximum atomic E-state index is 13.9. The minimum absolute atomic E-state index is 0.00533. The summed E-state index contributed by atoms with van der Waals surface area (Å²) in [7, 11) is 0. The van der Waals surface area contributed by atoms with Crippen LogP contribution in [0.15, 0.2) is 54.9 Å². The molecule has 0 saturated carbocycles. The predicted octanol–water partition coefficient (Wildman–Crippen LogP) is 4.26. The van der Waals surface area contributed by atoms with Crippen LogP contribution >= 0.6 is 11.6 Å². The van der Waals surface area contributed by atoms with Crippen molar-refractivity contribution in [2.75, 3.05) is 0 Å². The largest absolute Gasteiger partial charge is 0.288 e. The average Bonchev–Trinajstić information content (AvgIpc) is 2.46. The topological polar surface area (TPSA) is 30.0 Å². The van der Waals surface area contributed by atoms with E-state index < -0.39 is 5.82 Å². The summed E-state index contributed by atoms with van der Waals surface area (Å²) < 4.78 is 13.9. The van der Waals surface area contributed by atoms with E-state index in [1.54, 1.807) is 24.5 Å². The molecule has 0 fully saturated rings. The lowest BCUT2D eigenvalue weighted by Gasteiger charge is -2.06. The minimum atomic E-state index is -0.622. The van der Waals surface area contributed by atoms with Gasteiger partial charge in [-0.2, -0.15) is 0 Å². The van der Waals surface area contributed by atoms with Crippen LogP contribution in [0.4, 0.5) is 4.39 Å². The Morgan fingerprint density at radius 1 is 1.10 bits per heavy atom. The van der Waals surface area contributed by atoms with Crippen molar-refractivity contribution in [1.29, 1.82) is 0 Å². The molecular formula is C16H9ClFNO. The first-order valence-corrected chi connectivity index (χ1v) is 6.37. The molecule has 20 heavy (non-hydrogen) atoms. The summed E-state index contributed by atoms with van der Waals surface area (Å²) in [4.78, 5) is 16.5. The molecule has 0 amide bonds. The Bertz CT molecular complexity index is 811. The van der Waals surface area contributed by atoms with E-state index in [2.05, 4.69) is 4.98 Å². The number of fused-ring (bicyclic) bond motifs is 1. The van der Waals surface area contributed by atoms with E-state index in [4.69, 9.17) is 11.6 Å². The molecule has 0 unspecified atom stereocenters. The Hall–Kier alpha value is -2.26. The number of halogens is 2. The quantitative estimate of drug-likeness (QED) is 0.659. The van der Waals surface area contributed by atoms with Crippen molar-refractivity contribution >= 4 is 28.2 Å². The minimum Gasteiger partial charge on any atom is -0.288 e. The lowest BCUT2D eigenvalue weighted by Crippen LogP contribution is -2.05. The molecule has 3 aromatic rings. The molecule has 2 aromatic carbocycles. The molecule has 98 valence electrons. The van der Waals surface area contributed by atoms with Crippen LogP contribution in [0.3, 0.4) is 0 Å². The van der Waals surface area contributed by atoms with Crippen LogP contribution in [0.25, 0.3) is 10.8 Å². The normalized spacial score (nSPS) is 10.7. The second-order valence-corrected chi connectivity index (χ2v) is 4.79. The molecule has 0 bridgehead atoms. The van der Waals surface area contributed by atoms with Crippen LogP contribution in [0.2, 0.25) is 5.02 Å². The van der Waals surface area contributed by atoms with Crippen LogP contribution in [0, 0.1) is 5.82 Å². The summed E-state index contributed by atoms with van der Waals surface area (Å²) in [5.74, 6) is -0.999. The molecule has 0 saturated heterocycles. The second-order valence-electron chi connectivity index (χ2n) is 4.36. The molecule has 0 N–H and O–H groups in total. The molecule has 1 heterocycles. The van der Waals surface area contributed by atoms with E-state index in [1.165, 1.54) is 12.1 Å². The van der Waals surface area contributed by atoms with Gasteiger partial charge in [-0.3, -0.25) is 9.78 Å². The molecule has 4 heteroatoms. The van der Waals surface area contributed by atoms with Gasteiger partial charge in [0.1, 0.15) is 5.82 Å². The van der Waals surface area contributed by atoms with Crippen LogP contribution in [-0.4, -0.2) is 10.8 Å². The average molecular weight is 286 g/mol. The van der Waals surface area contributed by atoms with Gasteiger partial charge in [-0.1, -0.05) is 29.8 Å². The summed E-state index contributed by atoms with van der Waals surface area (Å²) in [6.45, 7) is 0. The van der Waals surface area contributed by atoms with Crippen LogP contribution in [0.1, 0.15) is 15.9 Å². The van der Waals surface area contributed by atoms with Crippen molar-refractivity contribution in [2.45, 2.75) is 0 Å². The van der Waals surface area contributed by atoms with Crippen LogP contribution < -0.4 is 0 Å². The molecule has 0 radical (unpaired) electrons. The van der Waals surface area contributed by atoms with Gasteiger partial charge in [-0.25, -0.2) is 4.39 Å². The van der Waals surface area contributed by atoms with Gasteiger partial charge in [-0.05, 0) is 29.7 Å². The zero-order valence-electron chi connectivity index (χ0n) is 10.3. The standard InChI is InChI=1S/C16H9ClFNO/c17-11-4-5-13(15(18)8-11)16(20)12-3-1-2-10-6-7-19-9-14(10)12/h1-9H. The predicted molar refractivity (Wildman–Crippen MR) is 76.6 cm³/mol. The number of carbonyl (C=O) groups is 1. The van der Waals surface area contributed by atoms with Crippen molar-refractivity contribution < 1.29 is 9.18 Å². The number of rotatable bonds is 2. The van der Waals surface area contributed by atoms with Crippen molar-refractivity contribution in [1.82, 2.24) is 4.98 Å². The Labute approximate surface area is 119 Å². The maximum absolute atomic E-state index is 13.9. The number of nitrogens with zero attached hydrogens (tertiary/aromatic N) is 1. The van der Waals surface area contributed by atoms with Crippen molar-refractivity contribution in [3.63, 3.8) is 0 Å². The molecule has 0 aliphatic carbocycles. The Balaban J connectivity index is 2.18. The smallest absolute Gasteiger partial charge is 0.196 e. The van der Waals surface area contributed by atoms with Gasteiger partial charge in [0.15, 0.2) is 5.78 Å². The van der Waals surface area contributed by atoms with E-state index in [-0.39, 0.29) is 16.4 Å². The van der Waals surface area contributed by atoms with E-state index in [0.29, 0.717) is 10.9 Å². The summed E-state index contributed by atoms with van der Waals surface area (Å²) in [5, 5.41) is 1.85. The first-order chi connectivity index (χ1) is 9.66. The van der Waals surface area contributed by atoms with Crippen molar-refractivity contribution in [3.8, 4) is 0 Å². The molecule has 0 aliphatic heterocycles. The van der Waals surface area contributed by atoms with E-state index in [9.17, 15) is 9.18 Å². The number of hydrogen-bond acceptors (Lipinski definition) is 2.